The maximum absolute atomic E-state index is 12.7. The summed E-state index contributed by atoms with van der Waals surface area (Å²) >= 11 is 0. The molecule has 27 heavy (non-hydrogen) atoms. The minimum absolute atomic E-state index is 0.284. The Labute approximate surface area is 155 Å². The van der Waals surface area contributed by atoms with Crippen LogP contribution in [-0.4, -0.2) is 20.1 Å². The molecule has 0 fully saturated rings. The maximum Gasteiger partial charge on any atom is 0.416 e. The van der Waals surface area contributed by atoms with Gasteiger partial charge in [0.1, 0.15) is 11.5 Å². The third-order valence-corrected chi connectivity index (χ3v) is 3.90. The molecular weight excluding hydrogens is 359 g/mol. The van der Waals surface area contributed by atoms with Crippen LogP contribution < -0.4 is 14.8 Å². The molecule has 2 aromatic carbocycles. The highest BCUT2D eigenvalue weighted by atomic mass is 19.4. The minimum Gasteiger partial charge on any atom is -0.497 e. The average molecular weight is 379 g/mol. The zero-order valence-corrected chi connectivity index (χ0v) is 15.1. The van der Waals surface area contributed by atoms with Crippen LogP contribution >= 0.6 is 0 Å². The molecule has 0 unspecified atom stereocenters. The lowest BCUT2D eigenvalue weighted by Gasteiger charge is -2.17. The molecule has 1 atom stereocenters. The fourth-order valence-electron chi connectivity index (χ4n) is 2.51. The number of hydrogen-bond donors (Lipinski definition) is 1. The molecule has 7 heteroatoms. The van der Waals surface area contributed by atoms with Crippen molar-refractivity contribution in [1.82, 2.24) is 5.32 Å². The number of carbonyl (C=O) groups is 1. The Kier molecular flexibility index (Phi) is 6.50. The number of nitrogens with one attached hydrogen (secondary N) is 1. The number of benzene rings is 2. The molecule has 0 radical (unpaired) electrons. The van der Waals surface area contributed by atoms with Crippen molar-refractivity contribution in [3.63, 3.8) is 0 Å². The molecule has 0 bridgehead atoms. The summed E-state index contributed by atoms with van der Waals surface area (Å²) in [7, 11) is 3.06. The van der Waals surface area contributed by atoms with Crippen LogP contribution in [0.2, 0.25) is 0 Å². The first-order chi connectivity index (χ1) is 12.7. The van der Waals surface area contributed by atoms with Crippen molar-refractivity contribution in [2.45, 2.75) is 19.1 Å². The SMILES string of the molecule is COc1ccc(OC)c([C@H](C)NC(=O)/C=C/c2cccc(C(F)(F)F)c2)c1. The van der Waals surface area contributed by atoms with Crippen molar-refractivity contribution in [3.8, 4) is 11.5 Å². The van der Waals surface area contributed by atoms with E-state index in [1.54, 1.807) is 25.1 Å². The van der Waals surface area contributed by atoms with Crippen molar-refractivity contribution in [1.29, 1.82) is 0 Å². The van der Waals surface area contributed by atoms with Gasteiger partial charge in [0.05, 0.1) is 25.8 Å². The van der Waals surface area contributed by atoms with Gasteiger partial charge in [-0.25, -0.2) is 0 Å². The summed E-state index contributed by atoms with van der Waals surface area (Å²) in [5.41, 5.74) is 0.240. The number of carbonyl (C=O) groups excluding carboxylic acids is 1. The van der Waals surface area contributed by atoms with Gasteiger partial charge in [-0.1, -0.05) is 12.1 Å². The molecule has 2 rings (SSSR count). The van der Waals surface area contributed by atoms with Crippen LogP contribution in [-0.2, 0) is 11.0 Å². The van der Waals surface area contributed by atoms with Gasteiger partial charge in [-0.3, -0.25) is 4.79 Å². The average Bonchev–Trinajstić information content (AvgIpc) is 2.65. The Morgan fingerprint density at radius 2 is 1.85 bits per heavy atom. The second kappa shape index (κ2) is 8.62. The smallest absolute Gasteiger partial charge is 0.416 e. The highest BCUT2D eigenvalue weighted by Gasteiger charge is 2.30. The summed E-state index contributed by atoms with van der Waals surface area (Å²) in [6.45, 7) is 1.77. The largest absolute Gasteiger partial charge is 0.497 e. The summed E-state index contributed by atoms with van der Waals surface area (Å²) in [6.07, 6.45) is -1.90. The van der Waals surface area contributed by atoms with E-state index in [-0.39, 0.29) is 5.56 Å². The molecule has 0 aromatic heterocycles. The van der Waals surface area contributed by atoms with Crippen LogP contribution in [0.15, 0.2) is 48.5 Å². The van der Waals surface area contributed by atoms with Gasteiger partial charge in [0, 0.05) is 11.6 Å². The Balaban J connectivity index is 2.10. The van der Waals surface area contributed by atoms with E-state index in [1.807, 2.05) is 0 Å². The highest BCUT2D eigenvalue weighted by molar-refractivity contribution is 5.92. The molecule has 1 amide bonds. The summed E-state index contributed by atoms with van der Waals surface area (Å²) in [4.78, 5) is 12.1. The first-order valence-electron chi connectivity index (χ1n) is 8.12. The van der Waals surface area contributed by atoms with Gasteiger partial charge in [0.15, 0.2) is 0 Å². The lowest BCUT2D eigenvalue weighted by molar-refractivity contribution is -0.137. The van der Waals surface area contributed by atoms with Gasteiger partial charge >= 0.3 is 6.18 Å². The summed E-state index contributed by atoms with van der Waals surface area (Å²) in [6, 6.07) is 9.58. The first kappa shape index (κ1) is 20.4. The standard InChI is InChI=1S/C20H20F3NO3/c1-13(17-12-16(26-2)8-9-18(17)27-3)24-19(25)10-7-14-5-4-6-15(11-14)20(21,22)23/h4-13H,1-3H3,(H,24,25)/b10-7+/t13-/m0/s1. The lowest BCUT2D eigenvalue weighted by Crippen LogP contribution is -2.25. The van der Waals surface area contributed by atoms with E-state index < -0.39 is 23.7 Å². The second-order valence-electron chi connectivity index (χ2n) is 5.79. The predicted molar refractivity (Wildman–Crippen MR) is 96.6 cm³/mol. The van der Waals surface area contributed by atoms with Crippen molar-refractivity contribution in [3.05, 3.63) is 65.2 Å². The third-order valence-electron chi connectivity index (χ3n) is 3.90. The number of amides is 1. The number of rotatable bonds is 6. The van der Waals surface area contributed by atoms with Gasteiger partial charge in [0.2, 0.25) is 5.91 Å². The van der Waals surface area contributed by atoms with Gasteiger partial charge in [-0.05, 0) is 48.9 Å². The van der Waals surface area contributed by atoms with Crippen LogP contribution in [0.25, 0.3) is 6.08 Å². The highest BCUT2D eigenvalue weighted by Crippen LogP contribution is 2.30. The molecule has 1 N–H and O–H groups in total. The quantitative estimate of drug-likeness (QED) is 0.746. The van der Waals surface area contributed by atoms with E-state index in [0.29, 0.717) is 11.5 Å². The van der Waals surface area contributed by atoms with Crippen LogP contribution in [0.1, 0.15) is 29.7 Å². The number of hydrogen-bond acceptors (Lipinski definition) is 3. The molecule has 0 heterocycles. The zero-order valence-electron chi connectivity index (χ0n) is 15.1. The Morgan fingerprint density at radius 3 is 2.48 bits per heavy atom. The Bertz CT molecular complexity index is 831. The van der Waals surface area contributed by atoms with Crippen LogP contribution in [0.4, 0.5) is 13.2 Å². The van der Waals surface area contributed by atoms with Gasteiger partial charge in [-0.15, -0.1) is 0 Å². The topological polar surface area (TPSA) is 47.6 Å². The number of ether oxygens (including phenoxy) is 2. The minimum atomic E-state index is -4.43. The van der Waals surface area contributed by atoms with Crippen LogP contribution in [0, 0.1) is 0 Å². The zero-order chi connectivity index (χ0) is 20.0. The summed E-state index contributed by atoms with van der Waals surface area (Å²) in [5.74, 6) is 0.765. The fourth-order valence-corrected chi connectivity index (χ4v) is 2.51. The van der Waals surface area contributed by atoms with Crippen molar-refractivity contribution in [2.24, 2.45) is 0 Å². The molecule has 0 spiro atoms. The molecule has 4 nitrogen and oxygen atoms in total. The Hall–Kier alpha value is -2.96. The van der Waals surface area contributed by atoms with E-state index in [4.69, 9.17) is 9.47 Å². The van der Waals surface area contributed by atoms with Crippen LogP contribution in [0.5, 0.6) is 11.5 Å². The van der Waals surface area contributed by atoms with E-state index in [0.717, 1.165) is 17.7 Å². The fraction of sp³-hybridized carbons (Fsp3) is 0.250. The third kappa shape index (κ3) is 5.51. The molecular formula is C20H20F3NO3. The van der Waals surface area contributed by atoms with Gasteiger partial charge in [-0.2, -0.15) is 13.2 Å². The van der Waals surface area contributed by atoms with Crippen molar-refractivity contribution in [2.75, 3.05) is 14.2 Å². The molecule has 0 aliphatic rings. The molecule has 0 saturated heterocycles. The second-order valence-corrected chi connectivity index (χ2v) is 5.79. The van der Waals surface area contributed by atoms with Gasteiger partial charge < -0.3 is 14.8 Å². The predicted octanol–water partition coefficient (Wildman–Crippen LogP) is 4.61. The van der Waals surface area contributed by atoms with Gasteiger partial charge in [0.25, 0.3) is 0 Å². The maximum atomic E-state index is 12.7. The van der Waals surface area contributed by atoms with E-state index in [9.17, 15) is 18.0 Å². The van der Waals surface area contributed by atoms with Crippen molar-refractivity contribution >= 4 is 12.0 Å². The number of methoxy groups -OCH3 is 2. The molecule has 2 aromatic rings. The van der Waals surface area contributed by atoms with E-state index in [1.165, 1.54) is 38.5 Å². The summed E-state index contributed by atoms with van der Waals surface area (Å²) in [5, 5.41) is 2.75. The van der Waals surface area contributed by atoms with Crippen LogP contribution in [0.3, 0.4) is 0 Å². The van der Waals surface area contributed by atoms with Crippen molar-refractivity contribution < 1.29 is 27.4 Å². The molecule has 144 valence electrons. The molecule has 0 aliphatic heterocycles. The Morgan fingerprint density at radius 1 is 1.11 bits per heavy atom. The van der Waals surface area contributed by atoms with E-state index in [2.05, 4.69) is 5.32 Å². The molecule has 0 saturated carbocycles. The number of alkyl halides is 3. The lowest BCUT2D eigenvalue weighted by atomic mass is 10.1. The normalized spacial score (nSPS) is 12.7. The number of halogens is 3. The first-order valence-corrected chi connectivity index (χ1v) is 8.12. The monoisotopic (exact) mass is 379 g/mol. The summed E-state index contributed by atoms with van der Waals surface area (Å²) < 4.78 is 48.7. The van der Waals surface area contributed by atoms with E-state index >= 15 is 0 Å². The molecule has 0 aliphatic carbocycles.